The van der Waals surface area contributed by atoms with Crippen molar-refractivity contribution < 1.29 is 27.5 Å². The molecule has 0 aliphatic carbocycles. The van der Waals surface area contributed by atoms with Crippen molar-refractivity contribution >= 4 is 17.7 Å². The number of aromatic nitrogens is 3. The summed E-state index contributed by atoms with van der Waals surface area (Å²) in [5.74, 6) is 0.0692. The summed E-state index contributed by atoms with van der Waals surface area (Å²) in [5.41, 5.74) is 6.06. The molecule has 0 unspecified atom stereocenters. The molecular weight excluding hydrogens is 369 g/mol. The number of halogens is 3. The van der Waals surface area contributed by atoms with Gasteiger partial charge >= 0.3 is 12.4 Å². The first-order valence-electron chi connectivity index (χ1n) is 7.23. The molecule has 9 nitrogen and oxygen atoms in total. The van der Waals surface area contributed by atoms with Crippen molar-refractivity contribution in [2.75, 3.05) is 5.32 Å². The second kappa shape index (κ2) is 7.19. The van der Waals surface area contributed by atoms with Crippen LogP contribution in [0.15, 0.2) is 52.4 Å². The highest BCUT2D eigenvalue weighted by Crippen LogP contribution is 2.28. The van der Waals surface area contributed by atoms with Crippen LogP contribution in [0.4, 0.5) is 25.0 Å². The zero-order valence-electron chi connectivity index (χ0n) is 13.3. The minimum Gasteiger partial charge on any atom is -0.423 e. The Morgan fingerprint density at radius 3 is 2.44 bits per heavy atom. The Morgan fingerprint density at radius 2 is 1.85 bits per heavy atom. The first-order chi connectivity index (χ1) is 12.8. The summed E-state index contributed by atoms with van der Waals surface area (Å²) in [6.07, 6.45) is -0.767. The Morgan fingerprint density at radius 1 is 1.11 bits per heavy atom. The number of amidine groups is 1. The fourth-order valence-corrected chi connectivity index (χ4v) is 1.97. The summed E-state index contributed by atoms with van der Waals surface area (Å²) in [6, 6.07) is 5.21. The SMILES string of the molecule is N/C(=N/O)c1cnc(Nc2ncc(-c3ccc(OC(F)(F)F)cc3)o2)cn1. The number of ether oxygens (including phenoxy) is 1. The third-order valence-electron chi connectivity index (χ3n) is 3.14. The van der Waals surface area contributed by atoms with Crippen molar-refractivity contribution in [3.8, 4) is 17.1 Å². The van der Waals surface area contributed by atoms with Crippen LogP contribution in [0, 0.1) is 0 Å². The van der Waals surface area contributed by atoms with Crippen LogP contribution in [0.2, 0.25) is 0 Å². The number of benzene rings is 1. The quantitative estimate of drug-likeness (QED) is 0.266. The predicted molar refractivity (Wildman–Crippen MR) is 86.4 cm³/mol. The number of nitrogens with zero attached hydrogens (tertiary/aromatic N) is 4. The summed E-state index contributed by atoms with van der Waals surface area (Å²) in [5, 5.41) is 14.1. The molecule has 0 bridgehead atoms. The average molecular weight is 380 g/mol. The molecule has 0 saturated carbocycles. The highest BCUT2D eigenvalue weighted by atomic mass is 19.4. The second-order valence-corrected chi connectivity index (χ2v) is 5.00. The minimum atomic E-state index is -4.75. The largest absolute Gasteiger partial charge is 0.573 e. The van der Waals surface area contributed by atoms with E-state index in [1.165, 1.54) is 30.7 Å². The zero-order valence-corrected chi connectivity index (χ0v) is 13.3. The van der Waals surface area contributed by atoms with Crippen LogP contribution in [0.1, 0.15) is 5.69 Å². The van der Waals surface area contributed by atoms with Gasteiger partial charge in [-0.3, -0.25) is 5.32 Å². The van der Waals surface area contributed by atoms with Crippen LogP contribution >= 0.6 is 0 Å². The van der Waals surface area contributed by atoms with E-state index < -0.39 is 6.36 Å². The molecule has 0 aliphatic heterocycles. The summed E-state index contributed by atoms with van der Waals surface area (Å²) in [4.78, 5) is 11.9. The Labute approximate surface area is 149 Å². The molecule has 140 valence electrons. The summed E-state index contributed by atoms with van der Waals surface area (Å²) in [6.45, 7) is 0. The summed E-state index contributed by atoms with van der Waals surface area (Å²) >= 11 is 0. The van der Waals surface area contributed by atoms with Gasteiger partial charge in [0.25, 0.3) is 0 Å². The first kappa shape index (κ1) is 18.0. The number of nitrogens with one attached hydrogen (secondary N) is 1. The van der Waals surface area contributed by atoms with E-state index in [0.29, 0.717) is 11.3 Å². The van der Waals surface area contributed by atoms with Gasteiger partial charge in [-0.1, -0.05) is 5.16 Å². The maximum Gasteiger partial charge on any atom is 0.573 e. The monoisotopic (exact) mass is 380 g/mol. The zero-order chi connectivity index (χ0) is 19.4. The molecule has 0 radical (unpaired) electrons. The maximum absolute atomic E-state index is 12.2. The molecule has 0 spiro atoms. The lowest BCUT2D eigenvalue weighted by Crippen LogP contribution is -2.16. The standard InChI is InChI=1S/C15H11F3N6O3/c16-15(17,18)27-9-3-1-8(2-4-9)11-6-22-14(26-11)23-12-7-20-10(5-21-12)13(19)24-25/h1-7,25H,(H2,19,24)(H,21,22,23). The molecule has 2 heterocycles. The van der Waals surface area contributed by atoms with Gasteiger partial charge in [0.15, 0.2) is 17.4 Å². The van der Waals surface area contributed by atoms with Crippen LogP contribution in [0.5, 0.6) is 5.75 Å². The molecule has 0 aliphatic rings. The van der Waals surface area contributed by atoms with Gasteiger partial charge in [0.2, 0.25) is 0 Å². The van der Waals surface area contributed by atoms with E-state index in [0.717, 1.165) is 12.1 Å². The fourth-order valence-electron chi connectivity index (χ4n) is 1.97. The van der Waals surface area contributed by atoms with Crippen molar-refractivity contribution in [2.45, 2.75) is 6.36 Å². The topological polar surface area (TPSA) is 132 Å². The Balaban J connectivity index is 1.69. The van der Waals surface area contributed by atoms with Crippen LogP contribution in [-0.2, 0) is 0 Å². The van der Waals surface area contributed by atoms with Gasteiger partial charge in [0.05, 0.1) is 18.6 Å². The van der Waals surface area contributed by atoms with E-state index in [4.69, 9.17) is 15.4 Å². The van der Waals surface area contributed by atoms with E-state index >= 15 is 0 Å². The molecule has 3 aromatic rings. The van der Waals surface area contributed by atoms with Crippen LogP contribution in [0.3, 0.4) is 0 Å². The smallest absolute Gasteiger partial charge is 0.423 e. The molecule has 0 fully saturated rings. The van der Waals surface area contributed by atoms with Crippen molar-refractivity contribution in [1.29, 1.82) is 0 Å². The van der Waals surface area contributed by atoms with Gasteiger partial charge in [0, 0.05) is 5.56 Å². The third-order valence-corrected chi connectivity index (χ3v) is 3.14. The van der Waals surface area contributed by atoms with Gasteiger partial charge in [-0.15, -0.1) is 13.2 Å². The summed E-state index contributed by atoms with van der Waals surface area (Å²) in [7, 11) is 0. The number of rotatable bonds is 5. The highest BCUT2D eigenvalue weighted by molar-refractivity contribution is 5.94. The normalized spacial score (nSPS) is 12.0. The third kappa shape index (κ3) is 4.62. The number of nitrogens with two attached hydrogens (primary N) is 1. The Hall–Kier alpha value is -3.83. The number of alkyl halides is 3. The molecule has 27 heavy (non-hydrogen) atoms. The Bertz CT molecular complexity index is 939. The molecule has 0 atom stereocenters. The van der Waals surface area contributed by atoms with Crippen molar-refractivity contribution in [1.82, 2.24) is 15.0 Å². The molecule has 0 amide bonds. The van der Waals surface area contributed by atoms with Crippen LogP contribution in [0.25, 0.3) is 11.3 Å². The lowest BCUT2D eigenvalue weighted by Gasteiger charge is -2.08. The molecule has 4 N–H and O–H groups in total. The van der Waals surface area contributed by atoms with Gasteiger partial charge in [-0.05, 0) is 24.3 Å². The van der Waals surface area contributed by atoms with E-state index in [2.05, 4.69) is 30.2 Å². The first-order valence-corrected chi connectivity index (χ1v) is 7.23. The van der Waals surface area contributed by atoms with Gasteiger partial charge in [0.1, 0.15) is 11.4 Å². The predicted octanol–water partition coefficient (Wildman–Crippen LogP) is 2.87. The van der Waals surface area contributed by atoms with E-state index in [-0.39, 0.29) is 29.1 Å². The minimum absolute atomic E-state index is 0.0893. The molecule has 1 aromatic carbocycles. The number of anilines is 2. The van der Waals surface area contributed by atoms with Gasteiger partial charge in [-0.25, -0.2) is 15.0 Å². The van der Waals surface area contributed by atoms with E-state index in [1.54, 1.807) is 0 Å². The maximum atomic E-state index is 12.2. The van der Waals surface area contributed by atoms with Crippen molar-refractivity contribution in [3.63, 3.8) is 0 Å². The van der Waals surface area contributed by atoms with Crippen molar-refractivity contribution in [3.05, 3.63) is 48.5 Å². The number of oxazole rings is 1. The van der Waals surface area contributed by atoms with E-state index in [1.807, 2.05) is 0 Å². The lowest BCUT2D eigenvalue weighted by molar-refractivity contribution is -0.274. The number of hydrogen-bond donors (Lipinski definition) is 3. The second-order valence-electron chi connectivity index (χ2n) is 5.00. The average Bonchev–Trinajstić information content (AvgIpc) is 3.09. The van der Waals surface area contributed by atoms with Crippen LogP contribution in [-0.4, -0.2) is 32.4 Å². The Kier molecular flexibility index (Phi) is 4.79. The molecule has 3 rings (SSSR count). The highest BCUT2D eigenvalue weighted by Gasteiger charge is 2.31. The molecule has 2 aromatic heterocycles. The molecule has 12 heteroatoms. The fraction of sp³-hybridized carbons (Fsp3) is 0.0667. The van der Waals surface area contributed by atoms with E-state index in [9.17, 15) is 13.2 Å². The van der Waals surface area contributed by atoms with Gasteiger partial charge in [-0.2, -0.15) is 0 Å². The summed E-state index contributed by atoms with van der Waals surface area (Å²) < 4.78 is 45.8. The van der Waals surface area contributed by atoms with Gasteiger partial charge < -0.3 is 20.1 Å². The number of hydrogen-bond acceptors (Lipinski definition) is 8. The molecular formula is C15H11F3N6O3. The molecule has 0 saturated heterocycles. The van der Waals surface area contributed by atoms with Crippen LogP contribution < -0.4 is 15.8 Å². The van der Waals surface area contributed by atoms with Crippen molar-refractivity contribution in [2.24, 2.45) is 10.9 Å². The number of oxime groups is 1. The lowest BCUT2D eigenvalue weighted by atomic mass is 10.2.